The van der Waals surface area contributed by atoms with Crippen LogP contribution in [0.3, 0.4) is 0 Å². The number of hydrogen-bond donors (Lipinski definition) is 0. The highest BCUT2D eigenvalue weighted by molar-refractivity contribution is 5.71. The van der Waals surface area contributed by atoms with E-state index >= 15 is 0 Å². The summed E-state index contributed by atoms with van der Waals surface area (Å²) in [4.78, 5) is 38.1. The molecule has 0 fully saturated rings. The zero-order chi connectivity index (χ0) is 47.2. The smallest absolute Gasteiger partial charge is 0.306 e. The summed E-state index contributed by atoms with van der Waals surface area (Å²) in [6.45, 7) is 6.69. The van der Waals surface area contributed by atoms with Crippen molar-refractivity contribution in [3.63, 3.8) is 0 Å². The van der Waals surface area contributed by atoms with E-state index in [1.54, 1.807) is 0 Å². The Bertz CT molecular complexity index is 1010. The lowest BCUT2D eigenvalue weighted by molar-refractivity contribution is -0.167. The van der Waals surface area contributed by atoms with Gasteiger partial charge < -0.3 is 14.2 Å². The van der Waals surface area contributed by atoms with Gasteiger partial charge in [-0.15, -0.1) is 0 Å². The molecule has 1 atom stereocenters. The summed E-state index contributed by atoms with van der Waals surface area (Å²) < 4.78 is 16.9. The first-order valence-electron chi connectivity index (χ1n) is 29.2. The second-order valence-electron chi connectivity index (χ2n) is 19.9. The van der Waals surface area contributed by atoms with Gasteiger partial charge in [0.15, 0.2) is 6.10 Å². The average Bonchev–Trinajstić information content (AvgIpc) is 3.30. The molecule has 0 N–H and O–H groups in total. The van der Waals surface area contributed by atoms with E-state index < -0.39 is 6.10 Å². The Morgan fingerprint density at radius 3 is 0.769 bits per heavy atom. The minimum Gasteiger partial charge on any atom is -0.462 e. The molecular weight excluding hydrogens is 805 g/mol. The zero-order valence-electron chi connectivity index (χ0n) is 44.0. The van der Waals surface area contributed by atoms with Gasteiger partial charge in [-0.05, 0) is 44.9 Å². The van der Waals surface area contributed by atoms with Crippen LogP contribution in [0.4, 0.5) is 0 Å². The maximum Gasteiger partial charge on any atom is 0.306 e. The molecule has 65 heavy (non-hydrogen) atoms. The van der Waals surface area contributed by atoms with Gasteiger partial charge in [0.2, 0.25) is 0 Å². The standard InChI is InChI=1S/C59H112O6/c1-4-7-10-13-16-19-22-25-28-29-30-32-34-37-40-43-46-49-52-58(61)64-55-56(54-63-57(60)51-48-45-42-39-36-33-27-24-21-18-15-12-9-6-3)65-59(62)53-50-47-44-41-38-35-31-26-23-20-17-14-11-8-5-2/h30,32,56H,4-29,31,33-55H2,1-3H3/b32-30-. The highest BCUT2D eigenvalue weighted by atomic mass is 16.6. The van der Waals surface area contributed by atoms with Crippen molar-refractivity contribution in [1.29, 1.82) is 0 Å². The van der Waals surface area contributed by atoms with E-state index in [0.29, 0.717) is 19.3 Å². The van der Waals surface area contributed by atoms with E-state index in [2.05, 4.69) is 32.9 Å². The summed E-state index contributed by atoms with van der Waals surface area (Å²) >= 11 is 0. The van der Waals surface area contributed by atoms with Crippen LogP contribution in [-0.2, 0) is 28.6 Å². The lowest BCUT2D eigenvalue weighted by Gasteiger charge is -2.18. The summed E-state index contributed by atoms with van der Waals surface area (Å²) in [6.07, 6.45) is 62.0. The number of rotatable bonds is 54. The quantitative estimate of drug-likeness (QED) is 0.0262. The molecule has 0 aromatic carbocycles. The number of carbonyl (C=O) groups excluding carboxylic acids is 3. The van der Waals surface area contributed by atoms with E-state index in [4.69, 9.17) is 14.2 Å². The van der Waals surface area contributed by atoms with Crippen LogP contribution < -0.4 is 0 Å². The average molecular weight is 918 g/mol. The molecule has 0 aliphatic rings. The minimum absolute atomic E-state index is 0.0665. The van der Waals surface area contributed by atoms with E-state index in [1.807, 2.05) is 0 Å². The van der Waals surface area contributed by atoms with Gasteiger partial charge in [0.05, 0.1) is 0 Å². The van der Waals surface area contributed by atoms with Crippen molar-refractivity contribution in [2.45, 2.75) is 335 Å². The van der Waals surface area contributed by atoms with E-state index in [1.165, 1.54) is 225 Å². The first-order chi connectivity index (χ1) is 32.0. The lowest BCUT2D eigenvalue weighted by atomic mass is 10.0. The number of esters is 3. The van der Waals surface area contributed by atoms with Crippen LogP contribution in [0.5, 0.6) is 0 Å². The van der Waals surface area contributed by atoms with Gasteiger partial charge in [-0.3, -0.25) is 14.4 Å². The van der Waals surface area contributed by atoms with Crippen molar-refractivity contribution in [3.05, 3.63) is 12.2 Å². The molecule has 0 amide bonds. The maximum atomic E-state index is 12.8. The van der Waals surface area contributed by atoms with Crippen LogP contribution in [0, 0.1) is 0 Å². The molecule has 0 aromatic heterocycles. The lowest BCUT2D eigenvalue weighted by Crippen LogP contribution is -2.30. The summed E-state index contributed by atoms with van der Waals surface area (Å²) in [5, 5.41) is 0. The largest absolute Gasteiger partial charge is 0.462 e. The Hall–Kier alpha value is -1.85. The molecule has 0 spiro atoms. The predicted molar refractivity (Wildman–Crippen MR) is 280 cm³/mol. The first-order valence-corrected chi connectivity index (χ1v) is 29.2. The highest BCUT2D eigenvalue weighted by Gasteiger charge is 2.19. The normalized spacial score (nSPS) is 12.0. The van der Waals surface area contributed by atoms with Crippen molar-refractivity contribution in [2.24, 2.45) is 0 Å². The Balaban J connectivity index is 4.31. The van der Waals surface area contributed by atoms with Gasteiger partial charge in [-0.1, -0.05) is 277 Å². The predicted octanol–water partition coefficient (Wildman–Crippen LogP) is 19.3. The molecule has 0 aliphatic heterocycles. The van der Waals surface area contributed by atoms with Crippen LogP contribution in [-0.4, -0.2) is 37.2 Å². The molecule has 1 unspecified atom stereocenters. The van der Waals surface area contributed by atoms with Crippen LogP contribution in [0.1, 0.15) is 329 Å². The first kappa shape index (κ1) is 63.1. The highest BCUT2D eigenvalue weighted by Crippen LogP contribution is 2.17. The van der Waals surface area contributed by atoms with E-state index in [9.17, 15) is 14.4 Å². The molecular formula is C59H112O6. The summed E-state index contributed by atoms with van der Waals surface area (Å²) in [5.74, 6) is -0.850. The number of carbonyl (C=O) groups is 3. The second kappa shape index (κ2) is 54.8. The molecule has 0 bridgehead atoms. The van der Waals surface area contributed by atoms with Crippen molar-refractivity contribution < 1.29 is 28.6 Å². The number of allylic oxidation sites excluding steroid dienone is 2. The van der Waals surface area contributed by atoms with Crippen molar-refractivity contribution >= 4 is 17.9 Å². The van der Waals surface area contributed by atoms with Crippen LogP contribution in [0.2, 0.25) is 0 Å². The molecule has 0 saturated carbocycles. The zero-order valence-corrected chi connectivity index (χ0v) is 44.0. The van der Waals surface area contributed by atoms with Crippen LogP contribution >= 0.6 is 0 Å². The van der Waals surface area contributed by atoms with Crippen molar-refractivity contribution in [3.8, 4) is 0 Å². The van der Waals surface area contributed by atoms with Crippen molar-refractivity contribution in [1.82, 2.24) is 0 Å². The third-order valence-corrected chi connectivity index (χ3v) is 13.3. The molecule has 6 nitrogen and oxygen atoms in total. The third kappa shape index (κ3) is 53.0. The van der Waals surface area contributed by atoms with E-state index in [-0.39, 0.29) is 31.1 Å². The Kier molecular flexibility index (Phi) is 53.2. The van der Waals surface area contributed by atoms with Gasteiger partial charge in [0, 0.05) is 19.3 Å². The molecule has 6 heteroatoms. The Morgan fingerprint density at radius 2 is 0.508 bits per heavy atom. The maximum absolute atomic E-state index is 12.8. The van der Waals surface area contributed by atoms with E-state index in [0.717, 1.165) is 64.2 Å². The minimum atomic E-state index is -0.767. The molecule has 0 aromatic rings. The molecule has 0 saturated heterocycles. The molecule has 0 heterocycles. The van der Waals surface area contributed by atoms with Crippen LogP contribution in [0.15, 0.2) is 12.2 Å². The molecule has 0 rings (SSSR count). The van der Waals surface area contributed by atoms with Crippen LogP contribution in [0.25, 0.3) is 0 Å². The SMILES string of the molecule is CCCCCCCCCCC/C=C\CCCCCCCC(=O)OCC(COC(=O)CCCCCCCCCCCCCCCC)OC(=O)CCCCCCCCCCCCCCCCC. The van der Waals surface area contributed by atoms with Gasteiger partial charge in [0.1, 0.15) is 13.2 Å². The topological polar surface area (TPSA) is 78.9 Å². The van der Waals surface area contributed by atoms with Gasteiger partial charge >= 0.3 is 17.9 Å². The number of ether oxygens (including phenoxy) is 3. The second-order valence-corrected chi connectivity index (χ2v) is 19.9. The fourth-order valence-corrected chi connectivity index (χ4v) is 8.85. The number of hydrogen-bond acceptors (Lipinski definition) is 6. The Morgan fingerprint density at radius 1 is 0.292 bits per heavy atom. The molecule has 0 radical (unpaired) electrons. The number of unbranched alkanes of at least 4 members (excludes halogenated alkanes) is 41. The molecule has 384 valence electrons. The van der Waals surface area contributed by atoms with Gasteiger partial charge in [-0.25, -0.2) is 0 Å². The monoisotopic (exact) mass is 917 g/mol. The van der Waals surface area contributed by atoms with Gasteiger partial charge in [-0.2, -0.15) is 0 Å². The molecule has 0 aliphatic carbocycles. The Labute approximate surface area is 405 Å². The van der Waals surface area contributed by atoms with Gasteiger partial charge in [0.25, 0.3) is 0 Å². The fraction of sp³-hybridized carbons (Fsp3) is 0.915. The fourth-order valence-electron chi connectivity index (χ4n) is 8.85. The summed E-state index contributed by atoms with van der Waals surface area (Å²) in [5.41, 5.74) is 0. The summed E-state index contributed by atoms with van der Waals surface area (Å²) in [7, 11) is 0. The third-order valence-electron chi connectivity index (χ3n) is 13.3. The van der Waals surface area contributed by atoms with Crippen molar-refractivity contribution in [2.75, 3.05) is 13.2 Å². The summed E-state index contributed by atoms with van der Waals surface area (Å²) in [6, 6.07) is 0.